The first-order valence-corrected chi connectivity index (χ1v) is 27.5. The summed E-state index contributed by atoms with van der Waals surface area (Å²) < 4.78 is 0. The van der Waals surface area contributed by atoms with Crippen molar-refractivity contribution in [3.8, 4) is 22.3 Å². The van der Waals surface area contributed by atoms with E-state index in [0.29, 0.717) is 36.8 Å². The number of aromatic carboxylic acids is 1. The number of benzene rings is 6. The van der Waals surface area contributed by atoms with Crippen molar-refractivity contribution in [2.75, 3.05) is 6.54 Å². The summed E-state index contributed by atoms with van der Waals surface area (Å²) in [5, 5.41) is 28.7. The third-order valence-electron chi connectivity index (χ3n) is 11.6. The summed E-state index contributed by atoms with van der Waals surface area (Å²) in [5.41, 5.74) is 16.5. The predicted molar refractivity (Wildman–Crippen MR) is 273 cm³/mol. The second-order valence-corrected chi connectivity index (χ2v) is 15.9. The molecule has 0 aromatic heterocycles. The van der Waals surface area contributed by atoms with E-state index < -0.39 is 12.1 Å². The molecular weight excluding hydrogens is 996 g/mol. The van der Waals surface area contributed by atoms with Crippen molar-refractivity contribution in [2.45, 2.75) is 83.8 Å². The van der Waals surface area contributed by atoms with Gasteiger partial charge >= 0.3 is 5.97 Å². The van der Waals surface area contributed by atoms with Gasteiger partial charge in [0.25, 0.3) is 0 Å². The van der Waals surface area contributed by atoms with E-state index in [1.165, 1.54) is 35.1 Å². The summed E-state index contributed by atoms with van der Waals surface area (Å²) in [4.78, 5) is 23.4. The Morgan fingerprint density at radius 2 is 0.887 bits per heavy atom. The van der Waals surface area contributed by atoms with Gasteiger partial charge in [-0.15, -0.1) is 0 Å². The molecule has 0 aliphatic heterocycles. The van der Waals surface area contributed by atoms with Gasteiger partial charge in [-0.1, -0.05) is 147 Å². The number of aliphatic hydroxyl groups excluding tert-OH is 2. The van der Waals surface area contributed by atoms with Crippen molar-refractivity contribution >= 4 is 49.0 Å². The highest BCUT2D eigenvalue weighted by atomic mass is 128. The molecule has 2 unspecified atom stereocenters. The summed E-state index contributed by atoms with van der Waals surface area (Å²) in [5.74, 6) is 0.548. The van der Waals surface area contributed by atoms with Crippen LogP contribution >= 0.6 is 37.2 Å². The quantitative estimate of drug-likeness (QED) is 0.0637. The number of carboxylic acid groups (broad SMARTS) is 1. The number of nitrogens with two attached hydrogens (primary N) is 1. The van der Waals surface area contributed by atoms with Crippen molar-refractivity contribution in [2.24, 2.45) is 17.6 Å². The van der Waals surface area contributed by atoms with Crippen LogP contribution in [0.4, 0.5) is 0 Å². The molecule has 0 amide bonds. The van der Waals surface area contributed by atoms with E-state index in [1.807, 2.05) is 78.9 Å². The number of carbonyl (C=O) groups is 2. The van der Waals surface area contributed by atoms with E-state index in [4.69, 9.17) is 10.8 Å². The maximum absolute atomic E-state index is 12.6. The molecule has 2 aliphatic rings. The topological polar surface area (TPSA) is 121 Å². The molecule has 0 saturated heterocycles. The van der Waals surface area contributed by atoms with Gasteiger partial charge in [0.05, 0.1) is 17.8 Å². The van der Waals surface area contributed by atoms with E-state index in [1.54, 1.807) is 18.2 Å². The number of halogens is 2. The Hall–Kier alpha value is -4.20. The minimum Gasteiger partial charge on any atom is -0.478 e. The number of ketones is 1. The van der Waals surface area contributed by atoms with E-state index >= 15 is 0 Å². The SMILES string of the molecule is C.II.NCC(O)CCC1Cc2ccccc2C1.O=C(CCC(O)CCC1Cc2ccccc2C1)c1cccc(-c2ccccc2)c1.O=C(O)c1cccc(-c2ccccc2)c1. The zero-order valence-electron chi connectivity index (χ0n) is 34.6. The third-order valence-corrected chi connectivity index (χ3v) is 11.6. The number of aliphatic hydroxyl groups is 2. The van der Waals surface area contributed by atoms with Gasteiger partial charge in [-0.25, -0.2) is 4.79 Å². The van der Waals surface area contributed by atoms with Crippen molar-refractivity contribution in [3.63, 3.8) is 0 Å². The lowest BCUT2D eigenvalue weighted by Gasteiger charge is -2.14. The standard InChI is InChI=1S/C27H28O2.C13H19NO.C13H10O2.CH4.I2/c28-26(14-13-20-17-22-9-4-5-10-23(22)18-20)15-16-27(29)25-12-6-11-24(19-25)21-7-2-1-3-8-21;14-9-13(15)6-5-10-7-11-3-1-2-4-12(11)8-10;14-13(15)12-8-4-7-11(9-12)10-5-2-1-3-6-10;;1-2/h1-12,19-20,26,28H,13-18H2;1-4,10,13,15H,5-9,14H2;1-9H,(H,14,15);1H4;. The first-order chi connectivity index (χ1) is 29.7. The van der Waals surface area contributed by atoms with Crippen LogP contribution in [0.5, 0.6) is 0 Å². The van der Waals surface area contributed by atoms with Crippen LogP contribution in [-0.4, -0.2) is 45.8 Å². The van der Waals surface area contributed by atoms with E-state index in [2.05, 4.69) is 97.9 Å². The van der Waals surface area contributed by atoms with Gasteiger partial charge in [0.2, 0.25) is 0 Å². The summed E-state index contributed by atoms with van der Waals surface area (Å²) >= 11 is 4.24. The first-order valence-electron chi connectivity index (χ1n) is 21.2. The predicted octanol–water partition coefficient (Wildman–Crippen LogP) is 12.8. The summed E-state index contributed by atoms with van der Waals surface area (Å²) in [6.07, 6.45) is 8.53. The van der Waals surface area contributed by atoms with Crippen molar-refractivity contribution < 1.29 is 24.9 Å². The minimum absolute atomic E-state index is 0. The molecule has 62 heavy (non-hydrogen) atoms. The molecule has 0 heterocycles. The number of hydrogen-bond donors (Lipinski definition) is 4. The molecule has 0 spiro atoms. The molecule has 2 aliphatic carbocycles. The lowest BCUT2D eigenvalue weighted by molar-refractivity contribution is 0.0696. The van der Waals surface area contributed by atoms with Crippen LogP contribution in [-0.2, 0) is 25.7 Å². The molecule has 6 nitrogen and oxygen atoms in total. The monoisotopic (exact) mass is 1060 g/mol. The lowest BCUT2D eigenvalue weighted by atomic mass is 9.95. The van der Waals surface area contributed by atoms with Crippen molar-refractivity contribution in [1.82, 2.24) is 0 Å². The Labute approximate surface area is 392 Å². The highest BCUT2D eigenvalue weighted by Crippen LogP contribution is 2.31. The van der Waals surface area contributed by atoms with Crippen LogP contribution in [0.1, 0.15) is 88.9 Å². The van der Waals surface area contributed by atoms with Crippen LogP contribution in [0.25, 0.3) is 22.3 Å². The number of Topliss-reactive ketones (excluding diaryl/α,β-unsaturated/α-hetero) is 1. The molecule has 0 fully saturated rings. The molecule has 0 radical (unpaired) electrons. The van der Waals surface area contributed by atoms with Crippen LogP contribution in [0.2, 0.25) is 0 Å². The van der Waals surface area contributed by atoms with Gasteiger partial charge < -0.3 is 21.1 Å². The summed E-state index contributed by atoms with van der Waals surface area (Å²) in [6, 6.07) is 51.8. The largest absolute Gasteiger partial charge is 0.478 e. The van der Waals surface area contributed by atoms with Gasteiger partial charge in [-0.3, -0.25) is 4.79 Å². The maximum Gasteiger partial charge on any atom is 0.335 e. The average molecular weight is 1060 g/mol. The van der Waals surface area contributed by atoms with Crippen molar-refractivity contribution in [3.05, 3.63) is 191 Å². The van der Waals surface area contributed by atoms with Gasteiger partial charge in [0, 0.05) is 55.8 Å². The molecule has 5 N–H and O–H groups in total. The Morgan fingerprint density at radius 3 is 1.31 bits per heavy atom. The number of carboxylic acids is 1. The Balaban J connectivity index is 0.000000217. The molecule has 8 heteroatoms. The molecule has 326 valence electrons. The van der Waals surface area contributed by atoms with E-state index in [0.717, 1.165) is 66.3 Å². The fourth-order valence-electron chi connectivity index (χ4n) is 8.23. The number of rotatable bonds is 14. The Morgan fingerprint density at radius 1 is 0.516 bits per heavy atom. The van der Waals surface area contributed by atoms with Gasteiger partial charge in [0.1, 0.15) is 0 Å². The van der Waals surface area contributed by atoms with Gasteiger partial charge in [-0.2, -0.15) is 0 Å². The van der Waals surface area contributed by atoms with Crippen LogP contribution in [0, 0.1) is 11.8 Å². The molecular formula is C54H61I2NO5. The minimum atomic E-state index is -0.896. The molecule has 0 bridgehead atoms. The number of carbonyl (C=O) groups excluding carboxylic acids is 1. The number of fused-ring (bicyclic) bond motifs is 2. The highest BCUT2D eigenvalue weighted by Gasteiger charge is 2.23. The first kappa shape index (κ1) is 50.4. The zero-order chi connectivity index (χ0) is 43.4. The molecule has 2 atom stereocenters. The normalized spacial score (nSPS) is 13.6. The van der Waals surface area contributed by atoms with E-state index in [9.17, 15) is 19.8 Å². The smallest absolute Gasteiger partial charge is 0.335 e. The second kappa shape index (κ2) is 27.1. The fourth-order valence-corrected chi connectivity index (χ4v) is 8.23. The Kier molecular flexibility index (Phi) is 22.0. The summed E-state index contributed by atoms with van der Waals surface area (Å²) in [6.45, 7) is 0.389. The van der Waals surface area contributed by atoms with E-state index in [-0.39, 0.29) is 19.3 Å². The van der Waals surface area contributed by atoms with Crippen LogP contribution in [0.15, 0.2) is 158 Å². The lowest BCUT2D eigenvalue weighted by Crippen LogP contribution is -2.20. The Bertz CT molecular complexity index is 2200. The second-order valence-electron chi connectivity index (χ2n) is 15.9. The average Bonchev–Trinajstić information content (AvgIpc) is 3.95. The molecule has 8 rings (SSSR count). The zero-order valence-corrected chi connectivity index (χ0v) is 38.9. The van der Waals surface area contributed by atoms with Crippen LogP contribution in [0.3, 0.4) is 0 Å². The molecule has 6 aromatic rings. The summed E-state index contributed by atoms with van der Waals surface area (Å²) in [7, 11) is 0. The number of hydrogen-bond acceptors (Lipinski definition) is 5. The third kappa shape index (κ3) is 15.9. The van der Waals surface area contributed by atoms with Gasteiger partial charge in [-0.05, 0) is 132 Å². The van der Waals surface area contributed by atoms with Crippen molar-refractivity contribution in [1.29, 1.82) is 0 Å². The van der Waals surface area contributed by atoms with Crippen LogP contribution < -0.4 is 5.73 Å². The molecule has 0 saturated carbocycles. The maximum atomic E-state index is 12.6. The van der Waals surface area contributed by atoms with Gasteiger partial charge in [0.15, 0.2) is 5.78 Å². The fraction of sp³-hybridized carbons (Fsp3) is 0.296. The highest BCUT2D eigenvalue weighted by molar-refractivity contribution is 15.0. The molecule has 6 aromatic carbocycles.